The lowest BCUT2D eigenvalue weighted by Crippen LogP contribution is -2.01. The molecule has 0 aromatic heterocycles. The fraction of sp³-hybridized carbons (Fsp3) is 0.250. The van der Waals surface area contributed by atoms with E-state index in [2.05, 4.69) is 28.2 Å². The van der Waals surface area contributed by atoms with E-state index in [9.17, 15) is 4.39 Å². The van der Waals surface area contributed by atoms with Crippen LogP contribution in [0.1, 0.15) is 18.9 Å². The summed E-state index contributed by atoms with van der Waals surface area (Å²) in [4.78, 5) is 0. The molecule has 106 valence electrons. The molecule has 0 heterocycles. The first-order valence-corrected chi connectivity index (χ1v) is 7.39. The van der Waals surface area contributed by atoms with Gasteiger partial charge in [0.1, 0.15) is 11.6 Å². The highest BCUT2D eigenvalue weighted by Crippen LogP contribution is 2.22. The van der Waals surface area contributed by atoms with Crippen molar-refractivity contribution < 1.29 is 9.13 Å². The lowest BCUT2D eigenvalue weighted by molar-refractivity contribution is 0.317. The minimum Gasteiger partial charge on any atom is -0.494 e. The molecule has 1 N–H and O–H groups in total. The number of anilines is 1. The monoisotopic (exact) mass is 337 g/mol. The van der Waals surface area contributed by atoms with Gasteiger partial charge >= 0.3 is 0 Å². The molecule has 0 atom stereocenters. The third kappa shape index (κ3) is 3.97. The Kier molecular flexibility index (Phi) is 5.41. The van der Waals surface area contributed by atoms with Crippen LogP contribution in [0.4, 0.5) is 10.1 Å². The normalized spacial score (nSPS) is 10.3. The van der Waals surface area contributed by atoms with Crippen molar-refractivity contribution in [2.75, 3.05) is 11.9 Å². The van der Waals surface area contributed by atoms with E-state index < -0.39 is 0 Å². The van der Waals surface area contributed by atoms with Crippen molar-refractivity contribution in [2.45, 2.75) is 19.9 Å². The highest BCUT2D eigenvalue weighted by Gasteiger charge is 2.04. The number of nitrogens with one attached hydrogen (secondary N) is 1. The Balaban J connectivity index is 1.95. The van der Waals surface area contributed by atoms with Crippen LogP contribution in [0, 0.1) is 5.82 Å². The van der Waals surface area contributed by atoms with E-state index in [-0.39, 0.29) is 5.82 Å². The van der Waals surface area contributed by atoms with Gasteiger partial charge in [-0.05, 0) is 58.2 Å². The summed E-state index contributed by atoms with van der Waals surface area (Å²) in [6.07, 6.45) is 0.994. The number of hydrogen-bond acceptors (Lipinski definition) is 2. The van der Waals surface area contributed by atoms with Gasteiger partial charge < -0.3 is 10.1 Å². The van der Waals surface area contributed by atoms with E-state index in [1.165, 1.54) is 6.07 Å². The molecule has 0 saturated carbocycles. The highest BCUT2D eigenvalue weighted by molar-refractivity contribution is 9.10. The first-order chi connectivity index (χ1) is 9.70. The molecule has 4 heteroatoms. The number of ether oxygens (including phenoxy) is 1. The van der Waals surface area contributed by atoms with Crippen molar-refractivity contribution in [2.24, 2.45) is 0 Å². The Hall–Kier alpha value is -1.55. The first-order valence-electron chi connectivity index (χ1n) is 6.60. The van der Waals surface area contributed by atoms with Gasteiger partial charge in [-0.2, -0.15) is 0 Å². The quantitative estimate of drug-likeness (QED) is 0.801. The first kappa shape index (κ1) is 14.9. The van der Waals surface area contributed by atoms with E-state index in [1.807, 2.05) is 30.3 Å². The summed E-state index contributed by atoms with van der Waals surface area (Å²) in [5.74, 6) is 0.622. The van der Waals surface area contributed by atoms with Crippen LogP contribution >= 0.6 is 15.9 Å². The SMILES string of the molecule is CCCOc1ccc(NCc2cccc(F)c2Br)cc1. The zero-order valence-corrected chi connectivity index (χ0v) is 12.9. The second kappa shape index (κ2) is 7.29. The Morgan fingerprint density at radius 1 is 1.15 bits per heavy atom. The molecule has 0 spiro atoms. The second-order valence-electron chi connectivity index (χ2n) is 4.44. The molecule has 0 bridgehead atoms. The molecule has 0 aliphatic rings. The number of rotatable bonds is 6. The third-order valence-electron chi connectivity index (χ3n) is 2.84. The second-order valence-corrected chi connectivity index (χ2v) is 5.23. The van der Waals surface area contributed by atoms with Gasteiger partial charge in [-0.3, -0.25) is 0 Å². The van der Waals surface area contributed by atoms with Crippen LogP contribution < -0.4 is 10.1 Å². The number of hydrogen-bond donors (Lipinski definition) is 1. The van der Waals surface area contributed by atoms with Gasteiger partial charge in [-0.25, -0.2) is 4.39 Å². The Morgan fingerprint density at radius 2 is 1.90 bits per heavy atom. The summed E-state index contributed by atoms with van der Waals surface area (Å²) in [6, 6.07) is 12.8. The van der Waals surface area contributed by atoms with Crippen molar-refractivity contribution in [3.8, 4) is 5.75 Å². The van der Waals surface area contributed by atoms with E-state index in [0.717, 1.165) is 30.0 Å². The minimum absolute atomic E-state index is 0.243. The van der Waals surface area contributed by atoms with E-state index in [1.54, 1.807) is 6.07 Å². The predicted octanol–water partition coefficient (Wildman–Crippen LogP) is 4.99. The minimum atomic E-state index is -0.243. The largest absolute Gasteiger partial charge is 0.494 e. The number of halogens is 2. The number of benzene rings is 2. The zero-order chi connectivity index (χ0) is 14.4. The maximum Gasteiger partial charge on any atom is 0.137 e. The molecule has 0 radical (unpaired) electrons. The maximum absolute atomic E-state index is 13.4. The Labute approximate surface area is 127 Å². The Bertz CT molecular complexity index is 557. The van der Waals surface area contributed by atoms with Gasteiger partial charge in [-0.1, -0.05) is 19.1 Å². The molecule has 2 nitrogen and oxygen atoms in total. The smallest absolute Gasteiger partial charge is 0.137 e. The molecule has 2 aromatic carbocycles. The van der Waals surface area contributed by atoms with Crippen LogP contribution in [0.2, 0.25) is 0 Å². The molecule has 2 rings (SSSR count). The van der Waals surface area contributed by atoms with E-state index in [4.69, 9.17) is 4.74 Å². The maximum atomic E-state index is 13.4. The van der Waals surface area contributed by atoms with Crippen LogP contribution in [-0.2, 0) is 6.54 Å². The predicted molar refractivity (Wildman–Crippen MR) is 83.7 cm³/mol. The van der Waals surface area contributed by atoms with Gasteiger partial charge in [0.15, 0.2) is 0 Å². The molecule has 0 amide bonds. The van der Waals surface area contributed by atoms with Gasteiger partial charge in [0.25, 0.3) is 0 Å². The molecular weight excluding hydrogens is 321 g/mol. The lowest BCUT2D eigenvalue weighted by atomic mass is 10.2. The van der Waals surface area contributed by atoms with Crippen LogP contribution in [0.5, 0.6) is 5.75 Å². The van der Waals surface area contributed by atoms with Gasteiger partial charge in [0.05, 0.1) is 11.1 Å². The fourth-order valence-corrected chi connectivity index (χ4v) is 2.18. The van der Waals surface area contributed by atoms with Crippen molar-refractivity contribution in [3.63, 3.8) is 0 Å². The molecule has 0 unspecified atom stereocenters. The van der Waals surface area contributed by atoms with E-state index in [0.29, 0.717) is 11.0 Å². The summed E-state index contributed by atoms with van der Waals surface area (Å²) in [7, 11) is 0. The molecule has 0 aliphatic heterocycles. The molecule has 0 fully saturated rings. The molecule has 20 heavy (non-hydrogen) atoms. The summed E-state index contributed by atoms with van der Waals surface area (Å²) in [5, 5.41) is 3.26. The van der Waals surface area contributed by atoms with Crippen molar-refractivity contribution in [1.29, 1.82) is 0 Å². The summed E-state index contributed by atoms with van der Waals surface area (Å²) >= 11 is 3.26. The van der Waals surface area contributed by atoms with Crippen molar-refractivity contribution in [1.82, 2.24) is 0 Å². The standard InChI is InChI=1S/C16H17BrFNO/c1-2-10-20-14-8-6-13(7-9-14)19-11-12-4-3-5-15(18)16(12)17/h3-9,19H,2,10-11H2,1H3. The third-order valence-corrected chi connectivity index (χ3v) is 3.73. The average molecular weight is 338 g/mol. The summed E-state index contributed by atoms with van der Waals surface area (Å²) in [6.45, 7) is 3.36. The van der Waals surface area contributed by atoms with Crippen LogP contribution in [0.15, 0.2) is 46.9 Å². The summed E-state index contributed by atoms with van der Waals surface area (Å²) < 4.78 is 19.4. The molecule has 0 saturated heterocycles. The highest BCUT2D eigenvalue weighted by atomic mass is 79.9. The molecule has 0 aliphatic carbocycles. The Morgan fingerprint density at radius 3 is 2.60 bits per heavy atom. The van der Waals surface area contributed by atoms with Crippen LogP contribution in [0.3, 0.4) is 0 Å². The van der Waals surface area contributed by atoms with Gasteiger partial charge in [0.2, 0.25) is 0 Å². The van der Waals surface area contributed by atoms with Gasteiger partial charge in [-0.15, -0.1) is 0 Å². The molecule has 2 aromatic rings. The van der Waals surface area contributed by atoms with Crippen LogP contribution in [-0.4, -0.2) is 6.61 Å². The van der Waals surface area contributed by atoms with Crippen molar-refractivity contribution >= 4 is 21.6 Å². The fourth-order valence-electron chi connectivity index (χ4n) is 1.77. The van der Waals surface area contributed by atoms with Gasteiger partial charge in [0, 0.05) is 12.2 Å². The van der Waals surface area contributed by atoms with E-state index >= 15 is 0 Å². The van der Waals surface area contributed by atoms with Crippen LogP contribution in [0.25, 0.3) is 0 Å². The topological polar surface area (TPSA) is 21.3 Å². The summed E-state index contributed by atoms with van der Waals surface area (Å²) in [5.41, 5.74) is 1.86. The lowest BCUT2D eigenvalue weighted by Gasteiger charge is -2.10. The zero-order valence-electron chi connectivity index (χ0n) is 11.3. The van der Waals surface area contributed by atoms with Crippen molar-refractivity contribution in [3.05, 3.63) is 58.3 Å². The molecular formula is C16H17BrFNO. The average Bonchev–Trinajstić information content (AvgIpc) is 2.48.